The van der Waals surface area contributed by atoms with Crippen LogP contribution in [0.4, 0.5) is 0 Å². The monoisotopic (exact) mass is 261 g/mol. The fraction of sp³-hybridized carbons (Fsp3) is 0. The Hall–Kier alpha value is 2.31. The fourth-order valence-electron chi connectivity index (χ4n) is 0. The Labute approximate surface area is 73.0 Å². The summed E-state index contributed by atoms with van der Waals surface area (Å²) in [5.41, 5.74) is 0. The first kappa shape index (κ1) is 33.3. The van der Waals surface area contributed by atoms with Crippen molar-refractivity contribution in [3.05, 3.63) is 0 Å². The predicted octanol–water partition coefficient (Wildman–Crippen LogP) is -0.0100. The van der Waals surface area contributed by atoms with Crippen LogP contribution in [0.5, 0.6) is 0 Å². The summed E-state index contributed by atoms with van der Waals surface area (Å²) in [7, 11) is 0. The molecule has 0 aromatic rings. The van der Waals surface area contributed by atoms with E-state index in [-0.39, 0.29) is 73.8 Å². The summed E-state index contributed by atoms with van der Waals surface area (Å²) in [4.78, 5) is 0. The molecule has 1 radical (unpaired) electrons. The summed E-state index contributed by atoms with van der Waals surface area (Å²) in [6.45, 7) is 0. The smallest absolute Gasteiger partial charge is 0 e. The first-order chi connectivity index (χ1) is 0. The van der Waals surface area contributed by atoms with Crippen molar-refractivity contribution in [2.75, 3.05) is 0 Å². The van der Waals surface area contributed by atoms with Gasteiger partial charge in [-0.15, -0.1) is 0 Å². The van der Waals surface area contributed by atoms with E-state index in [1.54, 1.807) is 0 Å². The van der Waals surface area contributed by atoms with Gasteiger partial charge in [0.05, 0.1) is 0 Å². The molecule has 0 aromatic carbocycles. The number of hydrogen-bond acceptors (Lipinski definition) is 0. The minimum Gasteiger partial charge on any atom is 0 e. The molecule has 4 heavy (non-hydrogen) atoms. The topological polar surface area (TPSA) is 0 Å². The van der Waals surface area contributed by atoms with Crippen LogP contribution in [-0.2, 0) is 73.8 Å². The summed E-state index contributed by atoms with van der Waals surface area (Å²) < 4.78 is 0. The summed E-state index contributed by atoms with van der Waals surface area (Å²) >= 11 is 0. The molecule has 0 atom stereocenters. The number of rotatable bonds is 0. The molecule has 27 valence electrons. The molecule has 0 amide bonds. The molecule has 0 fully saturated rings. The zero-order valence-electron chi connectivity index (χ0n) is 1.56. The van der Waals surface area contributed by atoms with E-state index < -0.39 is 0 Å². The molecule has 0 saturated heterocycles. The van der Waals surface area contributed by atoms with Crippen LogP contribution >= 0.6 is 0 Å². The van der Waals surface area contributed by atoms with Gasteiger partial charge in [0.25, 0.3) is 0 Å². The Balaban J connectivity index is 0. The molecule has 0 bridgehead atoms. The Morgan fingerprint density at radius 1 is 0.750 bits per heavy atom. The van der Waals surface area contributed by atoms with Gasteiger partial charge < -0.3 is 0 Å². The van der Waals surface area contributed by atoms with Gasteiger partial charge in [0, 0.05) is 73.8 Å². The largest absolute Gasteiger partial charge is 0 e. The zero-order chi connectivity index (χ0) is 0. The van der Waals surface area contributed by atoms with Crippen LogP contribution in [0.3, 0.4) is 0 Å². The third kappa shape index (κ3) is 8.85. The number of hydrogen-bond donors (Lipinski definition) is 0. The van der Waals surface area contributed by atoms with Crippen molar-refractivity contribution in [3.8, 4) is 0 Å². The van der Waals surface area contributed by atoms with Crippen LogP contribution in [0.25, 0.3) is 0 Å². The Morgan fingerprint density at radius 3 is 0.750 bits per heavy atom. The fourth-order valence-corrected chi connectivity index (χ4v) is 0. The van der Waals surface area contributed by atoms with Gasteiger partial charge >= 0.3 is 0 Å². The summed E-state index contributed by atoms with van der Waals surface area (Å²) in [6.07, 6.45) is 0. The van der Waals surface area contributed by atoms with Crippen LogP contribution in [-0.4, -0.2) is 0 Å². The maximum Gasteiger partial charge on any atom is 0 e. The second-order valence-electron chi connectivity index (χ2n) is 0. The van der Waals surface area contributed by atoms with E-state index in [1.165, 1.54) is 0 Å². The standard InChI is InChI=1S/2Fe.Mo.V. The van der Waals surface area contributed by atoms with Gasteiger partial charge in [-0.2, -0.15) is 0 Å². The molecule has 0 unspecified atom stereocenters. The second kappa shape index (κ2) is 18.5. The molecule has 0 heterocycles. The van der Waals surface area contributed by atoms with Gasteiger partial charge in [-0.1, -0.05) is 0 Å². The third-order valence-corrected chi connectivity index (χ3v) is 0. The Kier molecular flexibility index (Phi) is 154. The molecule has 0 aliphatic heterocycles. The van der Waals surface area contributed by atoms with Crippen molar-refractivity contribution in [2.45, 2.75) is 0 Å². The Morgan fingerprint density at radius 2 is 0.750 bits per heavy atom. The van der Waals surface area contributed by atoms with Gasteiger partial charge in [-0.25, -0.2) is 0 Å². The zero-order valence-corrected chi connectivity index (χ0v) is 7.17. The van der Waals surface area contributed by atoms with Gasteiger partial charge in [0.1, 0.15) is 0 Å². The average Bonchev–Trinajstić information content (AvgIpc) is 0. The predicted molar refractivity (Wildman–Crippen MR) is 0 cm³/mol. The second-order valence-corrected chi connectivity index (χ2v) is 0. The molecule has 0 aliphatic carbocycles. The maximum absolute atomic E-state index is 0. The van der Waals surface area contributed by atoms with Gasteiger partial charge in [0.15, 0.2) is 0 Å². The Bertz CT molecular complexity index is 6.00. The minimum atomic E-state index is 0. The molecule has 0 N–H and O–H groups in total. The van der Waals surface area contributed by atoms with Crippen LogP contribution in [0, 0.1) is 0 Å². The third-order valence-electron chi connectivity index (χ3n) is 0. The van der Waals surface area contributed by atoms with E-state index in [2.05, 4.69) is 0 Å². The van der Waals surface area contributed by atoms with Crippen LogP contribution in [0.2, 0.25) is 0 Å². The minimum absolute atomic E-state index is 0. The molecular formula is Fe2MoV. The maximum atomic E-state index is 0. The van der Waals surface area contributed by atoms with Crippen molar-refractivity contribution in [2.24, 2.45) is 0 Å². The van der Waals surface area contributed by atoms with E-state index in [1.807, 2.05) is 0 Å². The summed E-state index contributed by atoms with van der Waals surface area (Å²) in [5, 5.41) is 0. The quantitative estimate of drug-likeness (QED) is 0.536. The molecular weight excluding hydrogens is 259 g/mol. The molecule has 0 rings (SSSR count). The van der Waals surface area contributed by atoms with Gasteiger partial charge in [-0.05, 0) is 0 Å². The van der Waals surface area contributed by atoms with E-state index in [9.17, 15) is 0 Å². The molecule has 0 aliphatic rings. The van der Waals surface area contributed by atoms with Crippen molar-refractivity contribution in [1.82, 2.24) is 0 Å². The molecule has 0 aromatic heterocycles. The first-order valence-electron chi connectivity index (χ1n) is 0. The normalized spacial score (nSPS) is 0. The molecule has 0 nitrogen and oxygen atoms in total. The van der Waals surface area contributed by atoms with Crippen LogP contribution < -0.4 is 0 Å². The molecule has 4 heteroatoms. The first-order valence-corrected chi connectivity index (χ1v) is 0. The van der Waals surface area contributed by atoms with Crippen LogP contribution in [0.15, 0.2) is 0 Å². The van der Waals surface area contributed by atoms with Crippen molar-refractivity contribution < 1.29 is 73.8 Å². The average molecular weight is 259 g/mol. The summed E-state index contributed by atoms with van der Waals surface area (Å²) in [5.74, 6) is 0. The van der Waals surface area contributed by atoms with Crippen LogP contribution in [0.1, 0.15) is 0 Å². The van der Waals surface area contributed by atoms with E-state index in [0.717, 1.165) is 0 Å². The van der Waals surface area contributed by atoms with Gasteiger partial charge in [0.2, 0.25) is 0 Å². The SMILES string of the molecule is [Fe].[Fe].[Mo].[V]. The van der Waals surface area contributed by atoms with E-state index in [4.69, 9.17) is 0 Å². The molecule has 0 spiro atoms. The summed E-state index contributed by atoms with van der Waals surface area (Å²) in [6, 6.07) is 0. The van der Waals surface area contributed by atoms with Crippen molar-refractivity contribution in [3.63, 3.8) is 0 Å². The van der Waals surface area contributed by atoms with Crippen molar-refractivity contribution >= 4 is 0 Å². The van der Waals surface area contributed by atoms with E-state index >= 15 is 0 Å². The van der Waals surface area contributed by atoms with Gasteiger partial charge in [-0.3, -0.25) is 0 Å². The van der Waals surface area contributed by atoms with E-state index in [0.29, 0.717) is 0 Å². The van der Waals surface area contributed by atoms with Crippen molar-refractivity contribution in [1.29, 1.82) is 0 Å². The molecule has 0 saturated carbocycles.